The Balaban J connectivity index is 1.72. The first-order chi connectivity index (χ1) is 8.79. The maximum atomic E-state index is 3.66. The van der Waals surface area contributed by atoms with Crippen LogP contribution in [0.5, 0.6) is 0 Å². The molecular weight excluding hydrogens is 240 g/mol. The zero-order chi connectivity index (χ0) is 12.8. The van der Waals surface area contributed by atoms with Gasteiger partial charge in [-0.3, -0.25) is 4.90 Å². The molecule has 18 heavy (non-hydrogen) atoms. The third-order valence-electron chi connectivity index (χ3n) is 4.02. The van der Waals surface area contributed by atoms with E-state index in [-0.39, 0.29) is 0 Å². The lowest BCUT2D eigenvalue weighted by Gasteiger charge is -2.35. The lowest BCUT2D eigenvalue weighted by Crippen LogP contribution is -2.40. The third-order valence-corrected chi connectivity index (χ3v) is 4.75. The number of rotatable bonds is 6. The summed E-state index contributed by atoms with van der Waals surface area (Å²) in [5.74, 6) is 0. The van der Waals surface area contributed by atoms with E-state index in [0.717, 1.165) is 18.6 Å². The molecule has 0 spiro atoms. The highest BCUT2D eigenvalue weighted by molar-refractivity contribution is 7.07. The average molecular weight is 266 g/mol. The van der Waals surface area contributed by atoms with Crippen LogP contribution in [0, 0.1) is 0 Å². The molecule has 2 nitrogen and oxygen atoms in total. The molecule has 0 saturated heterocycles. The van der Waals surface area contributed by atoms with E-state index in [2.05, 4.69) is 41.0 Å². The van der Waals surface area contributed by atoms with Crippen LogP contribution in [0.2, 0.25) is 0 Å². The molecule has 1 aliphatic rings. The van der Waals surface area contributed by atoms with Crippen LogP contribution >= 0.6 is 11.3 Å². The van der Waals surface area contributed by atoms with Gasteiger partial charge in [-0.1, -0.05) is 6.92 Å². The number of nitrogens with zero attached hydrogens (tertiary/aromatic N) is 1. The molecule has 0 amide bonds. The van der Waals surface area contributed by atoms with Crippen molar-refractivity contribution in [2.45, 2.75) is 57.7 Å². The first-order valence-electron chi connectivity index (χ1n) is 7.24. The van der Waals surface area contributed by atoms with Gasteiger partial charge in [-0.25, -0.2) is 0 Å². The first kappa shape index (κ1) is 14.0. The number of hydrogen-bond acceptors (Lipinski definition) is 3. The highest BCUT2D eigenvalue weighted by atomic mass is 32.1. The minimum atomic E-state index is 0.774. The van der Waals surface area contributed by atoms with E-state index in [9.17, 15) is 0 Å². The van der Waals surface area contributed by atoms with Gasteiger partial charge in [0.05, 0.1) is 0 Å². The minimum absolute atomic E-state index is 0.774. The van der Waals surface area contributed by atoms with Crippen LogP contribution in [0.3, 0.4) is 0 Å². The molecule has 0 aromatic carbocycles. The summed E-state index contributed by atoms with van der Waals surface area (Å²) >= 11 is 1.80. The maximum absolute atomic E-state index is 3.66. The lowest BCUT2D eigenvalue weighted by molar-refractivity contribution is 0.168. The van der Waals surface area contributed by atoms with Crippen LogP contribution in [0.1, 0.15) is 44.6 Å². The SMILES string of the molecule is CCCNC1CCC(N(C)Cc2ccsc2)CC1. The van der Waals surface area contributed by atoms with E-state index in [0.29, 0.717) is 0 Å². The van der Waals surface area contributed by atoms with Crippen molar-refractivity contribution in [3.8, 4) is 0 Å². The molecule has 0 atom stereocenters. The molecule has 1 N–H and O–H groups in total. The van der Waals surface area contributed by atoms with Crippen molar-refractivity contribution in [1.29, 1.82) is 0 Å². The fraction of sp³-hybridized carbons (Fsp3) is 0.733. The zero-order valence-electron chi connectivity index (χ0n) is 11.7. The fourth-order valence-electron chi connectivity index (χ4n) is 2.87. The van der Waals surface area contributed by atoms with Crippen LogP contribution in [0.15, 0.2) is 16.8 Å². The summed E-state index contributed by atoms with van der Waals surface area (Å²) in [5, 5.41) is 8.10. The van der Waals surface area contributed by atoms with Crippen LogP contribution < -0.4 is 5.32 Å². The second-order valence-electron chi connectivity index (χ2n) is 5.51. The van der Waals surface area contributed by atoms with Crippen LogP contribution in [-0.4, -0.2) is 30.6 Å². The van der Waals surface area contributed by atoms with Crippen molar-refractivity contribution in [3.05, 3.63) is 22.4 Å². The van der Waals surface area contributed by atoms with Gasteiger partial charge < -0.3 is 5.32 Å². The molecule has 1 fully saturated rings. The average Bonchev–Trinajstić information content (AvgIpc) is 2.89. The Labute approximate surface area is 115 Å². The summed E-state index contributed by atoms with van der Waals surface area (Å²) in [6.45, 7) is 4.54. The molecule has 0 unspecified atom stereocenters. The van der Waals surface area contributed by atoms with Crippen LogP contribution in [0.25, 0.3) is 0 Å². The molecule has 1 heterocycles. The van der Waals surface area contributed by atoms with Crippen molar-refractivity contribution in [2.75, 3.05) is 13.6 Å². The molecule has 3 heteroatoms. The van der Waals surface area contributed by atoms with E-state index >= 15 is 0 Å². The quantitative estimate of drug-likeness (QED) is 0.848. The minimum Gasteiger partial charge on any atom is -0.314 e. The summed E-state index contributed by atoms with van der Waals surface area (Å²) in [6.07, 6.45) is 6.64. The summed E-state index contributed by atoms with van der Waals surface area (Å²) in [4.78, 5) is 2.54. The fourth-order valence-corrected chi connectivity index (χ4v) is 3.53. The summed E-state index contributed by atoms with van der Waals surface area (Å²) < 4.78 is 0. The summed E-state index contributed by atoms with van der Waals surface area (Å²) in [6, 6.07) is 3.80. The van der Waals surface area contributed by atoms with Crippen molar-refractivity contribution < 1.29 is 0 Å². The molecule has 0 bridgehead atoms. The lowest BCUT2D eigenvalue weighted by atomic mass is 9.90. The predicted octanol–water partition coefficient (Wildman–Crippen LogP) is 3.49. The summed E-state index contributed by atoms with van der Waals surface area (Å²) in [7, 11) is 2.28. The molecule has 2 rings (SSSR count). The Morgan fingerprint density at radius 1 is 1.33 bits per heavy atom. The standard InChI is InChI=1S/C15H26N2S/c1-3-9-16-14-4-6-15(7-5-14)17(2)11-13-8-10-18-12-13/h8,10,12,14-16H,3-7,9,11H2,1-2H3. The van der Waals surface area contributed by atoms with E-state index in [1.165, 1.54) is 44.2 Å². The Morgan fingerprint density at radius 3 is 2.72 bits per heavy atom. The van der Waals surface area contributed by atoms with Crippen molar-refractivity contribution in [3.63, 3.8) is 0 Å². The van der Waals surface area contributed by atoms with Crippen molar-refractivity contribution >= 4 is 11.3 Å². The topological polar surface area (TPSA) is 15.3 Å². The van der Waals surface area contributed by atoms with Gasteiger partial charge in [0.2, 0.25) is 0 Å². The van der Waals surface area contributed by atoms with E-state index in [1.54, 1.807) is 11.3 Å². The Kier molecular flexibility index (Phi) is 5.67. The summed E-state index contributed by atoms with van der Waals surface area (Å²) in [5.41, 5.74) is 1.47. The largest absolute Gasteiger partial charge is 0.314 e. The van der Waals surface area contributed by atoms with Crippen LogP contribution in [-0.2, 0) is 6.54 Å². The molecule has 1 aliphatic carbocycles. The van der Waals surface area contributed by atoms with Crippen molar-refractivity contribution in [1.82, 2.24) is 10.2 Å². The normalized spacial score (nSPS) is 24.6. The second-order valence-corrected chi connectivity index (χ2v) is 6.29. The number of thiophene rings is 1. The smallest absolute Gasteiger partial charge is 0.0241 e. The van der Waals surface area contributed by atoms with Gasteiger partial charge in [0.25, 0.3) is 0 Å². The molecule has 1 aromatic rings. The van der Waals surface area contributed by atoms with Gasteiger partial charge in [-0.05, 0) is 68.1 Å². The molecule has 0 aliphatic heterocycles. The second kappa shape index (κ2) is 7.27. The Bertz CT molecular complexity index is 315. The van der Waals surface area contributed by atoms with Gasteiger partial charge in [-0.15, -0.1) is 0 Å². The van der Waals surface area contributed by atoms with Gasteiger partial charge >= 0.3 is 0 Å². The number of hydrogen-bond donors (Lipinski definition) is 1. The van der Waals surface area contributed by atoms with Gasteiger partial charge in [0, 0.05) is 18.6 Å². The van der Waals surface area contributed by atoms with Gasteiger partial charge in [-0.2, -0.15) is 11.3 Å². The zero-order valence-corrected chi connectivity index (χ0v) is 12.5. The Hall–Kier alpha value is -0.380. The molecular formula is C15H26N2S. The van der Waals surface area contributed by atoms with E-state index in [4.69, 9.17) is 0 Å². The van der Waals surface area contributed by atoms with Crippen LogP contribution in [0.4, 0.5) is 0 Å². The molecule has 102 valence electrons. The monoisotopic (exact) mass is 266 g/mol. The van der Waals surface area contributed by atoms with Crippen molar-refractivity contribution in [2.24, 2.45) is 0 Å². The maximum Gasteiger partial charge on any atom is 0.0241 e. The highest BCUT2D eigenvalue weighted by Crippen LogP contribution is 2.24. The molecule has 1 aromatic heterocycles. The van der Waals surface area contributed by atoms with E-state index in [1.807, 2.05) is 0 Å². The first-order valence-corrected chi connectivity index (χ1v) is 8.18. The third kappa shape index (κ3) is 4.08. The predicted molar refractivity (Wildman–Crippen MR) is 80.1 cm³/mol. The molecule has 1 saturated carbocycles. The van der Waals surface area contributed by atoms with Gasteiger partial charge in [0.15, 0.2) is 0 Å². The number of nitrogens with one attached hydrogen (secondary N) is 1. The van der Waals surface area contributed by atoms with E-state index < -0.39 is 0 Å². The van der Waals surface area contributed by atoms with Gasteiger partial charge in [0.1, 0.15) is 0 Å². The highest BCUT2D eigenvalue weighted by Gasteiger charge is 2.23. The Morgan fingerprint density at radius 2 is 2.11 bits per heavy atom. The molecule has 0 radical (unpaired) electrons.